The number of nitriles is 1. The quantitative estimate of drug-likeness (QED) is 0.778. The Kier molecular flexibility index (Phi) is 5.33. The monoisotopic (exact) mass is 279 g/mol. The highest BCUT2D eigenvalue weighted by Gasteiger charge is 2.19. The molecule has 0 spiro atoms. The molecular formula is C12H13N3O3S. The lowest BCUT2D eigenvalue weighted by Gasteiger charge is -2.12. The van der Waals surface area contributed by atoms with Crippen molar-refractivity contribution in [3.63, 3.8) is 0 Å². The van der Waals surface area contributed by atoms with E-state index in [1.54, 1.807) is 19.1 Å². The molecule has 0 radical (unpaired) electrons. The predicted molar refractivity (Wildman–Crippen MR) is 69.7 cm³/mol. The van der Waals surface area contributed by atoms with Crippen LogP contribution in [0.3, 0.4) is 0 Å². The van der Waals surface area contributed by atoms with Crippen LogP contribution in [0, 0.1) is 18.3 Å². The summed E-state index contributed by atoms with van der Waals surface area (Å²) in [5.74, 6) is -1.42. The highest BCUT2D eigenvalue weighted by Crippen LogP contribution is 2.21. The standard InChI is InChI=1S/C12H13N3O3S/c1-7-3-4-9(5-13)11(14-7)19-6-10(12(17)18)15-8(2)16/h3-4,10H,6H2,1-2H3,(H,15,16)(H,17,18). The number of aryl methyl sites for hydroxylation is 1. The van der Waals surface area contributed by atoms with E-state index in [4.69, 9.17) is 10.4 Å². The van der Waals surface area contributed by atoms with Gasteiger partial charge < -0.3 is 10.4 Å². The lowest BCUT2D eigenvalue weighted by Crippen LogP contribution is -2.41. The summed E-state index contributed by atoms with van der Waals surface area (Å²) in [7, 11) is 0. The van der Waals surface area contributed by atoms with Gasteiger partial charge in [-0.25, -0.2) is 9.78 Å². The molecule has 0 bridgehead atoms. The molecule has 1 atom stereocenters. The molecular weight excluding hydrogens is 266 g/mol. The van der Waals surface area contributed by atoms with Crippen LogP contribution in [-0.2, 0) is 9.59 Å². The van der Waals surface area contributed by atoms with Crippen molar-refractivity contribution in [2.45, 2.75) is 24.9 Å². The largest absolute Gasteiger partial charge is 0.480 e. The van der Waals surface area contributed by atoms with Crippen LogP contribution in [0.4, 0.5) is 0 Å². The maximum absolute atomic E-state index is 11.0. The minimum Gasteiger partial charge on any atom is -0.480 e. The number of nitrogens with one attached hydrogen (secondary N) is 1. The molecule has 1 amide bonds. The van der Waals surface area contributed by atoms with Crippen molar-refractivity contribution in [3.05, 3.63) is 23.4 Å². The number of carboxylic acids is 1. The van der Waals surface area contributed by atoms with E-state index in [2.05, 4.69) is 10.3 Å². The van der Waals surface area contributed by atoms with Gasteiger partial charge in [0.15, 0.2) is 0 Å². The average molecular weight is 279 g/mol. The molecule has 100 valence electrons. The van der Waals surface area contributed by atoms with Crippen molar-refractivity contribution in [1.29, 1.82) is 5.26 Å². The lowest BCUT2D eigenvalue weighted by molar-refractivity contribution is -0.140. The van der Waals surface area contributed by atoms with Crippen molar-refractivity contribution in [1.82, 2.24) is 10.3 Å². The Hall–Kier alpha value is -2.07. The Morgan fingerprint density at radius 1 is 1.58 bits per heavy atom. The maximum Gasteiger partial charge on any atom is 0.327 e. The number of hydrogen-bond donors (Lipinski definition) is 2. The normalized spacial score (nSPS) is 11.4. The summed E-state index contributed by atoms with van der Waals surface area (Å²) >= 11 is 1.14. The number of hydrogen-bond acceptors (Lipinski definition) is 5. The number of carbonyl (C=O) groups excluding carboxylic acids is 1. The molecule has 1 unspecified atom stereocenters. The second-order valence-electron chi connectivity index (χ2n) is 3.82. The molecule has 6 nitrogen and oxygen atoms in total. The molecule has 0 fully saturated rings. The Morgan fingerprint density at radius 2 is 2.26 bits per heavy atom. The molecule has 0 aliphatic carbocycles. The fourth-order valence-corrected chi connectivity index (χ4v) is 2.34. The summed E-state index contributed by atoms with van der Waals surface area (Å²) in [6, 6.07) is 4.35. The fourth-order valence-electron chi connectivity index (χ4n) is 1.31. The number of thioether (sulfide) groups is 1. The molecule has 1 aromatic heterocycles. The van der Waals surface area contributed by atoms with Crippen molar-refractivity contribution < 1.29 is 14.7 Å². The molecule has 0 saturated carbocycles. The zero-order valence-corrected chi connectivity index (χ0v) is 11.3. The minimum absolute atomic E-state index is 0.111. The van der Waals surface area contributed by atoms with E-state index < -0.39 is 17.9 Å². The Labute approximate surface area is 114 Å². The van der Waals surface area contributed by atoms with Gasteiger partial charge >= 0.3 is 5.97 Å². The molecule has 0 saturated heterocycles. The first-order valence-corrected chi connectivity index (χ1v) is 6.43. The van der Waals surface area contributed by atoms with E-state index in [0.29, 0.717) is 10.6 Å². The third kappa shape index (κ3) is 4.60. The van der Waals surface area contributed by atoms with Gasteiger partial charge in [0.05, 0.1) is 5.56 Å². The second-order valence-corrected chi connectivity index (χ2v) is 4.83. The SMILES string of the molecule is CC(=O)NC(CSc1nc(C)ccc1C#N)C(=O)O. The van der Waals surface area contributed by atoms with Crippen molar-refractivity contribution in [2.24, 2.45) is 0 Å². The van der Waals surface area contributed by atoms with Crippen LogP contribution < -0.4 is 5.32 Å². The summed E-state index contributed by atoms with van der Waals surface area (Å²) in [6.07, 6.45) is 0. The third-order valence-corrected chi connectivity index (χ3v) is 3.27. The number of carbonyl (C=O) groups is 2. The van der Waals surface area contributed by atoms with Crippen LogP contribution >= 0.6 is 11.8 Å². The summed E-state index contributed by atoms with van der Waals surface area (Å²) in [6.45, 7) is 3.04. The molecule has 0 aliphatic heterocycles. The van der Waals surface area contributed by atoms with E-state index in [1.807, 2.05) is 6.07 Å². The van der Waals surface area contributed by atoms with Crippen molar-refractivity contribution in [2.75, 3.05) is 5.75 Å². The van der Waals surface area contributed by atoms with Crippen LogP contribution in [0.1, 0.15) is 18.2 Å². The van der Waals surface area contributed by atoms with Crippen molar-refractivity contribution >= 4 is 23.6 Å². The number of rotatable bonds is 5. The molecule has 0 aliphatic rings. The second kappa shape index (κ2) is 6.75. The van der Waals surface area contributed by atoms with Gasteiger partial charge in [-0.3, -0.25) is 4.79 Å². The van der Waals surface area contributed by atoms with Crippen LogP contribution in [0.2, 0.25) is 0 Å². The van der Waals surface area contributed by atoms with Crippen LogP contribution in [0.5, 0.6) is 0 Å². The summed E-state index contributed by atoms with van der Waals surface area (Å²) in [5, 5.41) is 20.7. The lowest BCUT2D eigenvalue weighted by atomic mass is 10.3. The number of carboxylic acid groups (broad SMARTS) is 1. The Morgan fingerprint density at radius 3 is 2.79 bits per heavy atom. The van der Waals surface area contributed by atoms with Gasteiger partial charge in [0, 0.05) is 18.4 Å². The topological polar surface area (TPSA) is 103 Å². The van der Waals surface area contributed by atoms with E-state index >= 15 is 0 Å². The molecule has 7 heteroatoms. The molecule has 0 aromatic carbocycles. The highest BCUT2D eigenvalue weighted by atomic mass is 32.2. The van der Waals surface area contributed by atoms with Crippen molar-refractivity contribution in [3.8, 4) is 6.07 Å². The zero-order valence-electron chi connectivity index (χ0n) is 10.5. The van der Waals surface area contributed by atoms with Gasteiger partial charge in [-0.2, -0.15) is 5.26 Å². The van der Waals surface area contributed by atoms with E-state index in [0.717, 1.165) is 17.5 Å². The van der Waals surface area contributed by atoms with Crippen LogP contribution in [-0.4, -0.2) is 33.8 Å². The Bertz CT molecular complexity index is 540. The number of pyridine rings is 1. The summed E-state index contributed by atoms with van der Waals surface area (Å²) in [5.41, 5.74) is 1.13. The smallest absolute Gasteiger partial charge is 0.327 e. The average Bonchev–Trinajstić information content (AvgIpc) is 2.34. The zero-order chi connectivity index (χ0) is 14.4. The molecule has 19 heavy (non-hydrogen) atoms. The molecule has 1 rings (SSSR count). The van der Waals surface area contributed by atoms with Gasteiger partial charge in [0.2, 0.25) is 5.91 Å². The van der Waals surface area contributed by atoms with E-state index in [-0.39, 0.29) is 5.75 Å². The van der Waals surface area contributed by atoms with Gasteiger partial charge in [0.1, 0.15) is 17.1 Å². The maximum atomic E-state index is 11.0. The van der Waals surface area contributed by atoms with E-state index in [1.165, 1.54) is 6.92 Å². The fraction of sp³-hybridized carbons (Fsp3) is 0.333. The number of aliphatic carboxylic acids is 1. The first kappa shape index (κ1) is 15.0. The molecule has 1 aromatic rings. The summed E-state index contributed by atoms with van der Waals surface area (Å²) in [4.78, 5) is 26.0. The van der Waals surface area contributed by atoms with E-state index in [9.17, 15) is 9.59 Å². The summed E-state index contributed by atoms with van der Waals surface area (Å²) < 4.78 is 0. The first-order valence-electron chi connectivity index (χ1n) is 5.44. The van der Waals surface area contributed by atoms with Gasteiger partial charge in [0.25, 0.3) is 0 Å². The number of nitrogens with zero attached hydrogens (tertiary/aromatic N) is 2. The number of amides is 1. The minimum atomic E-state index is -1.12. The number of aromatic nitrogens is 1. The van der Waals surface area contributed by atoms with Crippen LogP contribution in [0.25, 0.3) is 0 Å². The van der Waals surface area contributed by atoms with Gasteiger partial charge in [-0.15, -0.1) is 11.8 Å². The molecule has 1 heterocycles. The third-order valence-electron chi connectivity index (χ3n) is 2.18. The predicted octanol–water partition coefficient (Wildman–Crippen LogP) is 0.943. The highest BCUT2D eigenvalue weighted by molar-refractivity contribution is 7.99. The first-order chi connectivity index (χ1) is 8.93. The van der Waals surface area contributed by atoms with Gasteiger partial charge in [-0.1, -0.05) is 0 Å². The Balaban J connectivity index is 2.79. The molecule has 2 N–H and O–H groups in total. The van der Waals surface area contributed by atoms with Gasteiger partial charge in [-0.05, 0) is 19.1 Å². The van der Waals surface area contributed by atoms with Crippen LogP contribution in [0.15, 0.2) is 17.2 Å².